The number of aromatic nitrogens is 4. The molecule has 32 heavy (non-hydrogen) atoms. The van der Waals surface area contributed by atoms with E-state index in [4.69, 9.17) is 0 Å². The Morgan fingerprint density at radius 3 is 2.66 bits per heavy atom. The van der Waals surface area contributed by atoms with Crippen LogP contribution in [-0.2, 0) is 17.8 Å². The summed E-state index contributed by atoms with van der Waals surface area (Å²) in [5.41, 5.74) is 3.59. The van der Waals surface area contributed by atoms with Crippen LogP contribution in [0.5, 0.6) is 0 Å². The van der Waals surface area contributed by atoms with Crippen molar-refractivity contribution in [2.75, 3.05) is 13.1 Å². The van der Waals surface area contributed by atoms with Crippen molar-refractivity contribution in [1.29, 1.82) is 0 Å². The Hall–Kier alpha value is -3.74. The Labute approximate surface area is 185 Å². The Morgan fingerprint density at radius 1 is 1.09 bits per heavy atom. The minimum Gasteiger partial charge on any atom is -0.361 e. The van der Waals surface area contributed by atoms with Crippen LogP contribution in [0.3, 0.4) is 0 Å². The predicted octanol–water partition coefficient (Wildman–Crippen LogP) is 3.27. The molecule has 0 saturated carbocycles. The lowest BCUT2D eigenvalue weighted by atomic mass is 9.96. The largest absolute Gasteiger partial charge is 0.361 e. The molecule has 0 atom stereocenters. The van der Waals surface area contributed by atoms with E-state index in [1.165, 1.54) is 0 Å². The van der Waals surface area contributed by atoms with Crippen molar-refractivity contribution in [3.05, 3.63) is 83.3 Å². The SMILES string of the molecule is O=C(Cc1c[nH]c2ccccc12)N1CCC(Cn2cnc(-c3ccncc3)cc2=O)CC1. The van der Waals surface area contributed by atoms with Crippen LogP contribution in [0.15, 0.2) is 72.2 Å². The number of carbonyl (C=O) groups excluding carboxylic acids is 1. The van der Waals surface area contributed by atoms with Gasteiger partial charge < -0.3 is 9.88 Å². The molecule has 3 aromatic heterocycles. The molecule has 4 aromatic rings. The first-order valence-electron chi connectivity index (χ1n) is 11.0. The van der Waals surface area contributed by atoms with Gasteiger partial charge in [-0.2, -0.15) is 0 Å². The van der Waals surface area contributed by atoms with Gasteiger partial charge in [-0.25, -0.2) is 4.98 Å². The summed E-state index contributed by atoms with van der Waals surface area (Å²) in [7, 11) is 0. The zero-order valence-electron chi connectivity index (χ0n) is 17.8. The summed E-state index contributed by atoms with van der Waals surface area (Å²) >= 11 is 0. The number of piperidine rings is 1. The highest BCUT2D eigenvalue weighted by molar-refractivity contribution is 5.88. The minimum absolute atomic E-state index is 0.0512. The van der Waals surface area contributed by atoms with Crippen molar-refractivity contribution >= 4 is 16.8 Å². The van der Waals surface area contributed by atoms with Crippen LogP contribution >= 0.6 is 0 Å². The highest BCUT2D eigenvalue weighted by Crippen LogP contribution is 2.22. The summed E-state index contributed by atoms with van der Waals surface area (Å²) in [4.78, 5) is 39.1. The normalized spacial score (nSPS) is 14.7. The fourth-order valence-electron chi connectivity index (χ4n) is 4.44. The predicted molar refractivity (Wildman–Crippen MR) is 123 cm³/mol. The van der Waals surface area contributed by atoms with E-state index in [9.17, 15) is 9.59 Å². The zero-order chi connectivity index (χ0) is 21.9. The number of fused-ring (bicyclic) bond motifs is 1. The maximum Gasteiger partial charge on any atom is 0.253 e. The summed E-state index contributed by atoms with van der Waals surface area (Å²) in [5, 5.41) is 1.11. The van der Waals surface area contributed by atoms with Crippen molar-refractivity contribution in [2.45, 2.75) is 25.8 Å². The van der Waals surface area contributed by atoms with Crippen molar-refractivity contribution in [2.24, 2.45) is 5.92 Å². The lowest BCUT2D eigenvalue weighted by Gasteiger charge is -2.32. The molecular formula is C25H25N5O2. The van der Waals surface area contributed by atoms with Crippen LogP contribution in [0, 0.1) is 5.92 Å². The molecule has 1 aromatic carbocycles. The first kappa shape index (κ1) is 20.2. The van der Waals surface area contributed by atoms with E-state index < -0.39 is 0 Å². The van der Waals surface area contributed by atoms with Crippen LogP contribution in [0.1, 0.15) is 18.4 Å². The van der Waals surface area contributed by atoms with Crippen LogP contribution in [-0.4, -0.2) is 43.4 Å². The highest BCUT2D eigenvalue weighted by atomic mass is 16.2. The van der Waals surface area contributed by atoms with Crippen molar-refractivity contribution in [3.8, 4) is 11.3 Å². The maximum atomic E-state index is 12.8. The second-order valence-corrected chi connectivity index (χ2v) is 8.36. The number of hydrogen-bond acceptors (Lipinski definition) is 4. The molecule has 162 valence electrons. The molecule has 0 unspecified atom stereocenters. The molecule has 0 bridgehead atoms. The number of pyridine rings is 1. The van der Waals surface area contributed by atoms with Gasteiger partial charge in [0.15, 0.2) is 0 Å². The summed E-state index contributed by atoms with van der Waals surface area (Å²) in [5.74, 6) is 0.521. The number of amides is 1. The first-order chi connectivity index (χ1) is 15.7. The van der Waals surface area contributed by atoms with Gasteiger partial charge in [0.1, 0.15) is 0 Å². The van der Waals surface area contributed by atoms with Crippen molar-refractivity contribution < 1.29 is 4.79 Å². The number of benzene rings is 1. The average molecular weight is 428 g/mol. The lowest BCUT2D eigenvalue weighted by Crippen LogP contribution is -2.40. The van der Waals surface area contributed by atoms with E-state index in [0.717, 1.165) is 48.0 Å². The van der Waals surface area contributed by atoms with Crippen molar-refractivity contribution in [3.63, 3.8) is 0 Å². The molecule has 1 saturated heterocycles. The molecule has 1 amide bonds. The van der Waals surface area contributed by atoms with Gasteiger partial charge in [-0.05, 0) is 42.5 Å². The average Bonchev–Trinajstić information content (AvgIpc) is 3.24. The molecule has 1 aliphatic heterocycles. The summed E-state index contributed by atoms with van der Waals surface area (Å²) in [6, 6.07) is 13.3. The summed E-state index contributed by atoms with van der Waals surface area (Å²) in [6.45, 7) is 2.08. The monoisotopic (exact) mass is 427 g/mol. The maximum absolute atomic E-state index is 12.8. The number of nitrogens with zero attached hydrogens (tertiary/aromatic N) is 4. The smallest absolute Gasteiger partial charge is 0.253 e. The molecule has 7 heteroatoms. The molecule has 0 radical (unpaired) electrons. The number of carbonyl (C=O) groups is 1. The Kier molecular flexibility index (Phi) is 5.54. The molecule has 0 aliphatic carbocycles. The van der Waals surface area contributed by atoms with E-state index >= 15 is 0 Å². The molecule has 0 spiro atoms. The number of para-hydroxylation sites is 1. The number of aromatic amines is 1. The number of likely N-dealkylation sites (tertiary alicyclic amines) is 1. The Balaban J connectivity index is 1.18. The van der Waals surface area contributed by atoms with E-state index in [0.29, 0.717) is 24.6 Å². The van der Waals surface area contributed by atoms with Gasteiger partial charge in [0.2, 0.25) is 5.91 Å². The second-order valence-electron chi connectivity index (χ2n) is 8.36. The molecule has 4 heterocycles. The quantitative estimate of drug-likeness (QED) is 0.530. The van der Waals surface area contributed by atoms with Crippen LogP contribution in [0.4, 0.5) is 0 Å². The highest BCUT2D eigenvalue weighted by Gasteiger charge is 2.24. The van der Waals surface area contributed by atoms with E-state index in [1.54, 1.807) is 29.4 Å². The minimum atomic E-state index is -0.0512. The molecule has 7 nitrogen and oxygen atoms in total. The molecule has 1 fully saturated rings. The fourth-order valence-corrected chi connectivity index (χ4v) is 4.44. The molecule has 1 N–H and O–H groups in total. The molecular weight excluding hydrogens is 402 g/mol. The molecule has 5 rings (SSSR count). The third kappa shape index (κ3) is 4.19. The van der Waals surface area contributed by atoms with Gasteiger partial charge in [-0.15, -0.1) is 0 Å². The standard InChI is InChI=1S/C25H25N5O2/c31-24(13-20-15-27-22-4-2-1-3-21(20)22)29-11-7-18(8-12-29)16-30-17-28-23(14-25(30)32)19-5-9-26-10-6-19/h1-6,9-10,14-15,17-18,27H,7-8,11-13,16H2. The first-order valence-corrected chi connectivity index (χ1v) is 11.0. The van der Waals surface area contributed by atoms with E-state index in [1.807, 2.05) is 47.5 Å². The number of rotatable bonds is 5. The topological polar surface area (TPSA) is 83.9 Å². The van der Waals surface area contributed by atoms with E-state index in [-0.39, 0.29) is 11.5 Å². The second kappa shape index (κ2) is 8.78. The van der Waals surface area contributed by atoms with Gasteiger partial charge in [0, 0.05) is 60.8 Å². The Morgan fingerprint density at radius 2 is 1.88 bits per heavy atom. The molecule has 1 aliphatic rings. The van der Waals surface area contributed by atoms with Gasteiger partial charge in [0.25, 0.3) is 5.56 Å². The van der Waals surface area contributed by atoms with E-state index in [2.05, 4.69) is 15.0 Å². The van der Waals surface area contributed by atoms with Crippen LogP contribution in [0.2, 0.25) is 0 Å². The number of H-pyrrole nitrogens is 1. The van der Waals surface area contributed by atoms with Crippen LogP contribution in [0.25, 0.3) is 22.2 Å². The van der Waals surface area contributed by atoms with Gasteiger partial charge in [-0.1, -0.05) is 18.2 Å². The van der Waals surface area contributed by atoms with Gasteiger partial charge in [-0.3, -0.25) is 19.1 Å². The van der Waals surface area contributed by atoms with Gasteiger partial charge >= 0.3 is 0 Å². The lowest BCUT2D eigenvalue weighted by molar-refractivity contribution is -0.131. The third-order valence-electron chi connectivity index (χ3n) is 6.29. The van der Waals surface area contributed by atoms with Crippen molar-refractivity contribution in [1.82, 2.24) is 24.4 Å². The Bertz CT molecular complexity index is 1290. The number of nitrogens with one attached hydrogen (secondary N) is 1. The van der Waals surface area contributed by atoms with Crippen LogP contribution < -0.4 is 5.56 Å². The summed E-state index contributed by atoms with van der Waals surface area (Å²) in [6.07, 6.45) is 9.13. The number of hydrogen-bond donors (Lipinski definition) is 1. The third-order valence-corrected chi connectivity index (χ3v) is 6.29. The zero-order valence-corrected chi connectivity index (χ0v) is 17.8. The van der Waals surface area contributed by atoms with Gasteiger partial charge in [0.05, 0.1) is 18.4 Å². The summed E-state index contributed by atoms with van der Waals surface area (Å²) < 4.78 is 1.68. The fraction of sp³-hybridized carbons (Fsp3) is 0.280.